The van der Waals surface area contributed by atoms with Crippen molar-refractivity contribution >= 4 is 40.7 Å². The molecule has 2 rings (SSSR count). The summed E-state index contributed by atoms with van der Waals surface area (Å²) in [6, 6.07) is 2.80. The smallest absolute Gasteiger partial charge is 0.250 e. The molecule has 0 heterocycles. The molecule has 4 nitrogen and oxygen atoms in total. The number of carbonyl (C=O) groups is 2. The fourth-order valence-electron chi connectivity index (χ4n) is 1.97. The van der Waals surface area contributed by atoms with E-state index in [-0.39, 0.29) is 32.8 Å². The van der Waals surface area contributed by atoms with Gasteiger partial charge >= 0.3 is 0 Å². The van der Waals surface area contributed by atoms with Crippen molar-refractivity contribution < 1.29 is 9.59 Å². The van der Waals surface area contributed by atoms with Crippen molar-refractivity contribution in [2.24, 2.45) is 17.1 Å². The summed E-state index contributed by atoms with van der Waals surface area (Å²) < 4.78 is 0. The van der Waals surface area contributed by atoms with Crippen molar-refractivity contribution in [1.82, 2.24) is 0 Å². The lowest BCUT2D eigenvalue weighted by atomic mass is 10.1. The van der Waals surface area contributed by atoms with E-state index >= 15 is 0 Å². The van der Waals surface area contributed by atoms with Gasteiger partial charge in [-0.1, -0.05) is 37.0 Å². The lowest BCUT2D eigenvalue weighted by Gasteiger charge is -2.10. The number of anilines is 1. The van der Waals surface area contributed by atoms with Gasteiger partial charge in [-0.25, -0.2) is 0 Å². The lowest BCUT2D eigenvalue weighted by Crippen LogP contribution is -2.18. The van der Waals surface area contributed by atoms with Crippen LogP contribution in [-0.2, 0) is 4.79 Å². The summed E-state index contributed by atoms with van der Waals surface area (Å²) >= 11 is 11.9. The Bertz CT molecular complexity index is 570. The maximum absolute atomic E-state index is 12.0. The van der Waals surface area contributed by atoms with Crippen LogP contribution in [0.3, 0.4) is 0 Å². The molecule has 1 saturated carbocycles. The molecular formula is C13H14Cl2N2O2. The first kappa shape index (κ1) is 14.2. The van der Waals surface area contributed by atoms with E-state index in [1.807, 2.05) is 13.8 Å². The van der Waals surface area contributed by atoms with Crippen molar-refractivity contribution in [2.75, 3.05) is 5.32 Å². The van der Waals surface area contributed by atoms with Crippen LogP contribution in [0, 0.1) is 11.3 Å². The van der Waals surface area contributed by atoms with Crippen LogP contribution in [0.4, 0.5) is 5.69 Å². The minimum atomic E-state index is -0.663. The monoisotopic (exact) mass is 300 g/mol. The topological polar surface area (TPSA) is 72.2 Å². The number of primary amides is 1. The van der Waals surface area contributed by atoms with Gasteiger partial charge in [-0.3, -0.25) is 9.59 Å². The molecule has 1 atom stereocenters. The highest BCUT2D eigenvalue weighted by Crippen LogP contribution is 2.52. The number of hydrogen-bond acceptors (Lipinski definition) is 2. The van der Waals surface area contributed by atoms with E-state index in [1.165, 1.54) is 12.1 Å². The molecule has 19 heavy (non-hydrogen) atoms. The molecule has 1 aromatic rings. The second-order valence-corrected chi connectivity index (χ2v) is 6.23. The number of rotatable bonds is 3. The summed E-state index contributed by atoms with van der Waals surface area (Å²) in [6.45, 7) is 4.05. The van der Waals surface area contributed by atoms with Crippen molar-refractivity contribution in [3.63, 3.8) is 0 Å². The Hall–Kier alpha value is -1.26. The van der Waals surface area contributed by atoms with E-state index in [2.05, 4.69) is 5.32 Å². The van der Waals surface area contributed by atoms with E-state index in [0.29, 0.717) is 5.69 Å². The second-order valence-electron chi connectivity index (χ2n) is 5.41. The maximum atomic E-state index is 12.0. The molecule has 1 aliphatic carbocycles. The van der Waals surface area contributed by atoms with Gasteiger partial charge in [0.25, 0.3) is 0 Å². The predicted octanol–water partition coefficient (Wildman–Crippen LogP) is 3.08. The summed E-state index contributed by atoms with van der Waals surface area (Å²) in [5.74, 6) is -0.801. The fourth-order valence-corrected chi connectivity index (χ4v) is 2.49. The highest BCUT2D eigenvalue weighted by Gasteiger charge is 2.50. The van der Waals surface area contributed by atoms with Crippen molar-refractivity contribution in [3.05, 3.63) is 27.7 Å². The minimum absolute atomic E-state index is 0.0233. The van der Waals surface area contributed by atoms with Crippen LogP contribution >= 0.6 is 23.2 Å². The first-order valence-electron chi connectivity index (χ1n) is 5.82. The van der Waals surface area contributed by atoms with Crippen LogP contribution in [0.1, 0.15) is 30.6 Å². The van der Waals surface area contributed by atoms with E-state index in [1.54, 1.807) is 0 Å². The number of benzene rings is 1. The minimum Gasteiger partial charge on any atom is -0.366 e. The molecular weight excluding hydrogens is 287 g/mol. The van der Waals surface area contributed by atoms with Gasteiger partial charge < -0.3 is 11.1 Å². The average molecular weight is 301 g/mol. The van der Waals surface area contributed by atoms with Crippen molar-refractivity contribution in [1.29, 1.82) is 0 Å². The van der Waals surface area contributed by atoms with E-state index in [0.717, 1.165) is 6.42 Å². The largest absolute Gasteiger partial charge is 0.366 e. The fraction of sp³-hybridized carbons (Fsp3) is 0.385. The van der Waals surface area contributed by atoms with Gasteiger partial charge in [-0.05, 0) is 24.0 Å². The molecule has 102 valence electrons. The Labute approximate surface area is 121 Å². The lowest BCUT2D eigenvalue weighted by molar-refractivity contribution is -0.118. The molecule has 0 saturated heterocycles. The molecule has 0 spiro atoms. The number of nitrogens with two attached hydrogens (primary N) is 1. The van der Waals surface area contributed by atoms with Crippen LogP contribution in [0.25, 0.3) is 0 Å². The van der Waals surface area contributed by atoms with Gasteiger partial charge in [0.2, 0.25) is 11.8 Å². The van der Waals surface area contributed by atoms with Gasteiger partial charge in [0.05, 0.1) is 21.3 Å². The Morgan fingerprint density at radius 1 is 1.32 bits per heavy atom. The van der Waals surface area contributed by atoms with Gasteiger partial charge in [-0.2, -0.15) is 0 Å². The predicted molar refractivity (Wildman–Crippen MR) is 75.5 cm³/mol. The molecule has 0 bridgehead atoms. The summed E-state index contributed by atoms with van der Waals surface area (Å²) in [7, 11) is 0. The van der Waals surface area contributed by atoms with Gasteiger partial charge in [0.15, 0.2) is 0 Å². The quantitative estimate of drug-likeness (QED) is 0.900. The molecule has 0 aliphatic heterocycles. The number of halogens is 2. The molecule has 1 aromatic carbocycles. The van der Waals surface area contributed by atoms with E-state index in [9.17, 15) is 9.59 Å². The standard InChI is InChI=1S/C13H14Cl2N2O2/c1-13(2)5-7(13)12(19)17-10-3-6(11(16)18)8(14)4-9(10)15/h3-4,7H,5H2,1-2H3,(H2,16,18)(H,17,19). The molecule has 3 N–H and O–H groups in total. The van der Waals surface area contributed by atoms with Crippen LogP contribution in [-0.4, -0.2) is 11.8 Å². The van der Waals surface area contributed by atoms with Gasteiger partial charge in [-0.15, -0.1) is 0 Å². The zero-order chi connectivity index (χ0) is 14.4. The van der Waals surface area contributed by atoms with Crippen LogP contribution in [0.15, 0.2) is 12.1 Å². The number of hydrogen-bond donors (Lipinski definition) is 2. The summed E-state index contributed by atoms with van der Waals surface area (Å²) in [6.07, 6.45) is 0.840. The first-order chi connectivity index (χ1) is 8.72. The Kier molecular flexibility index (Phi) is 3.49. The van der Waals surface area contributed by atoms with Gasteiger partial charge in [0, 0.05) is 5.92 Å². The van der Waals surface area contributed by atoms with Crippen molar-refractivity contribution in [2.45, 2.75) is 20.3 Å². The van der Waals surface area contributed by atoms with Crippen LogP contribution in [0.2, 0.25) is 10.0 Å². The summed E-state index contributed by atoms with van der Waals surface area (Å²) in [4.78, 5) is 23.2. The Morgan fingerprint density at radius 3 is 2.37 bits per heavy atom. The Morgan fingerprint density at radius 2 is 1.89 bits per heavy atom. The zero-order valence-electron chi connectivity index (χ0n) is 10.6. The number of carbonyl (C=O) groups excluding carboxylic acids is 2. The molecule has 1 aliphatic rings. The van der Waals surface area contributed by atoms with Crippen LogP contribution < -0.4 is 11.1 Å². The first-order valence-corrected chi connectivity index (χ1v) is 6.57. The van der Waals surface area contributed by atoms with Crippen molar-refractivity contribution in [3.8, 4) is 0 Å². The summed E-state index contributed by atoms with van der Waals surface area (Å²) in [5, 5.41) is 3.16. The molecule has 0 radical (unpaired) electrons. The maximum Gasteiger partial charge on any atom is 0.250 e. The highest BCUT2D eigenvalue weighted by atomic mass is 35.5. The molecule has 2 amide bonds. The second kappa shape index (κ2) is 4.69. The van der Waals surface area contributed by atoms with E-state index in [4.69, 9.17) is 28.9 Å². The average Bonchev–Trinajstić information content (AvgIpc) is 2.91. The normalized spacial score (nSPS) is 19.9. The molecule has 0 aromatic heterocycles. The highest BCUT2D eigenvalue weighted by molar-refractivity contribution is 6.38. The van der Waals surface area contributed by atoms with E-state index < -0.39 is 5.91 Å². The SMILES string of the molecule is CC1(C)CC1C(=O)Nc1cc(C(N)=O)c(Cl)cc1Cl. The molecule has 1 fully saturated rings. The number of amides is 2. The third kappa shape index (κ3) is 2.85. The zero-order valence-corrected chi connectivity index (χ0v) is 12.1. The third-order valence-corrected chi connectivity index (χ3v) is 4.04. The van der Waals surface area contributed by atoms with Crippen LogP contribution in [0.5, 0.6) is 0 Å². The third-order valence-electron chi connectivity index (χ3n) is 3.41. The molecule has 1 unspecified atom stereocenters. The van der Waals surface area contributed by atoms with Gasteiger partial charge in [0.1, 0.15) is 0 Å². The molecule has 6 heteroatoms. The summed E-state index contributed by atoms with van der Waals surface area (Å²) in [5.41, 5.74) is 5.71. The Balaban J connectivity index is 2.23. The number of nitrogens with one attached hydrogen (secondary N) is 1.